The highest BCUT2D eigenvalue weighted by molar-refractivity contribution is 5.89. The second-order valence-corrected chi connectivity index (χ2v) is 6.22. The SMILES string of the molecule is O=C(O)c1ccccc1[C@@H]1Nc2c(F)cc(F)cc2[C@H]2C=CC[C@H]21. The molecular weight excluding hydrogens is 312 g/mol. The van der Waals surface area contributed by atoms with Crippen LogP contribution < -0.4 is 5.32 Å². The van der Waals surface area contributed by atoms with E-state index in [1.165, 1.54) is 6.07 Å². The van der Waals surface area contributed by atoms with Gasteiger partial charge in [0.25, 0.3) is 0 Å². The minimum absolute atomic E-state index is 0.0270. The minimum Gasteiger partial charge on any atom is -0.478 e. The van der Waals surface area contributed by atoms with E-state index in [0.29, 0.717) is 11.1 Å². The summed E-state index contributed by atoms with van der Waals surface area (Å²) in [6, 6.07) is 8.62. The van der Waals surface area contributed by atoms with Gasteiger partial charge in [-0.3, -0.25) is 0 Å². The lowest BCUT2D eigenvalue weighted by atomic mass is 9.76. The summed E-state index contributed by atoms with van der Waals surface area (Å²) in [7, 11) is 0. The largest absolute Gasteiger partial charge is 0.478 e. The number of anilines is 1. The molecule has 2 aromatic rings. The van der Waals surface area contributed by atoms with E-state index >= 15 is 0 Å². The van der Waals surface area contributed by atoms with Crippen LogP contribution in [-0.4, -0.2) is 11.1 Å². The molecule has 3 nitrogen and oxygen atoms in total. The van der Waals surface area contributed by atoms with E-state index in [0.717, 1.165) is 12.5 Å². The van der Waals surface area contributed by atoms with Crippen molar-refractivity contribution in [2.45, 2.75) is 18.4 Å². The lowest BCUT2D eigenvalue weighted by Crippen LogP contribution is -2.31. The fourth-order valence-electron chi connectivity index (χ4n) is 3.89. The Morgan fingerprint density at radius 2 is 1.96 bits per heavy atom. The van der Waals surface area contributed by atoms with Gasteiger partial charge in [-0.1, -0.05) is 30.4 Å². The molecule has 0 bridgehead atoms. The monoisotopic (exact) mass is 327 g/mol. The summed E-state index contributed by atoms with van der Waals surface area (Å²) >= 11 is 0. The average Bonchev–Trinajstić information content (AvgIpc) is 3.04. The summed E-state index contributed by atoms with van der Waals surface area (Å²) in [5.74, 6) is -2.36. The molecule has 0 aromatic heterocycles. The van der Waals surface area contributed by atoms with Gasteiger partial charge in [-0.15, -0.1) is 0 Å². The van der Waals surface area contributed by atoms with Gasteiger partial charge in [-0.25, -0.2) is 13.6 Å². The van der Waals surface area contributed by atoms with Crippen LogP contribution in [0.4, 0.5) is 14.5 Å². The average molecular weight is 327 g/mol. The van der Waals surface area contributed by atoms with Crippen LogP contribution in [0.1, 0.15) is 39.9 Å². The first-order valence-electron chi connectivity index (χ1n) is 7.80. The molecule has 1 aliphatic carbocycles. The summed E-state index contributed by atoms with van der Waals surface area (Å²) < 4.78 is 27.9. The van der Waals surface area contributed by atoms with E-state index < -0.39 is 17.6 Å². The predicted octanol–water partition coefficient (Wildman–Crippen LogP) is 4.49. The number of nitrogens with one attached hydrogen (secondary N) is 1. The third kappa shape index (κ3) is 2.19. The van der Waals surface area contributed by atoms with Crippen LogP contribution in [0.25, 0.3) is 0 Å². The Morgan fingerprint density at radius 3 is 2.75 bits per heavy atom. The summed E-state index contributed by atoms with van der Waals surface area (Å²) in [5.41, 5.74) is 1.68. The number of allylic oxidation sites excluding steroid dienone is 2. The van der Waals surface area contributed by atoms with Gasteiger partial charge in [0, 0.05) is 12.0 Å². The van der Waals surface area contributed by atoms with Crippen molar-refractivity contribution in [2.75, 3.05) is 5.32 Å². The van der Waals surface area contributed by atoms with Crippen molar-refractivity contribution in [3.63, 3.8) is 0 Å². The lowest BCUT2D eigenvalue weighted by molar-refractivity contribution is 0.0694. The molecule has 2 aromatic carbocycles. The van der Waals surface area contributed by atoms with Gasteiger partial charge in [0.2, 0.25) is 0 Å². The van der Waals surface area contributed by atoms with Crippen molar-refractivity contribution in [3.8, 4) is 0 Å². The highest BCUT2D eigenvalue weighted by atomic mass is 19.1. The van der Waals surface area contributed by atoms with Crippen molar-refractivity contribution in [1.82, 2.24) is 0 Å². The lowest BCUT2D eigenvalue weighted by Gasteiger charge is -2.38. The first-order chi connectivity index (χ1) is 11.6. The molecule has 122 valence electrons. The maximum absolute atomic E-state index is 14.3. The molecule has 0 unspecified atom stereocenters. The van der Waals surface area contributed by atoms with Crippen molar-refractivity contribution < 1.29 is 18.7 Å². The standard InChI is InChI=1S/C19H15F2NO2/c20-10-8-15-11-6-3-7-12(11)17(22-18(15)16(21)9-10)13-4-1-2-5-14(13)19(23)24/h1-6,8-9,11-12,17,22H,7H2,(H,23,24)/t11-,12+,17+/m0/s1. The van der Waals surface area contributed by atoms with Crippen LogP contribution in [0.2, 0.25) is 0 Å². The number of fused-ring (bicyclic) bond motifs is 3. The Labute approximate surface area is 137 Å². The van der Waals surface area contributed by atoms with E-state index in [1.54, 1.807) is 24.3 Å². The molecule has 4 rings (SSSR count). The number of benzene rings is 2. The number of carboxylic acids is 1. The second-order valence-electron chi connectivity index (χ2n) is 6.22. The first-order valence-corrected chi connectivity index (χ1v) is 7.80. The molecule has 1 aliphatic heterocycles. The molecule has 2 N–H and O–H groups in total. The molecule has 24 heavy (non-hydrogen) atoms. The zero-order valence-corrected chi connectivity index (χ0v) is 12.7. The first kappa shape index (κ1) is 14.9. The molecule has 0 fully saturated rings. The molecule has 0 saturated heterocycles. The summed E-state index contributed by atoms with van der Waals surface area (Å²) in [5, 5.41) is 12.6. The van der Waals surface area contributed by atoms with Crippen molar-refractivity contribution in [3.05, 3.63) is 76.9 Å². The van der Waals surface area contributed by atoms with E-state index in [2.05, 4.69) is 5.32 Å². The molecule has 0 radical (unpaired) electrons. The molecule has 0 amide bonds. The number of aromatic carboxylic acids is 1. The van der Waals surface area contributed by atoms with Gasteiger partial charge in [-0.05, 0) is 35.6 Å². The topological polar surface area (TPSA) is 49.3 Å². The minimum atomic E-state index is -1.01. The Hall–Kier alpha value is -2.69. The Kier molecular flexibility index (Phi) is 3.37. The quantitative estimate of drug-likeness (QED) is 0.799. The van der Waals surface area contributed by atoms with Gasteiger partial charge < -0.3 is 10.4 Å². The molecule has 1 heterocycles. The second kappa shape index (κ2) is 5.44. The van der Waals surface area contributed by atoms with Gasteiger partial charge in [0.1, 0.15) is 11.6 Å². The number of rotatable bonds is 2. The third-order valence-electron chi connectivity index (χ3n) is 4.91. The fraction of sp³-hybridized carbons (Fsp3) is 0.211. The molecule has 0 saturated carbocycles. The fourth-order valence-corrected chi connectivity index (χ4v) is 3.89. The van der Waals surface area contributed by atoms with Crippen molar-refractivity contribution >= 4 is 11.7 Å². The van der Waals surface area contributed by atoms with Crippen LogP contribution in [0.3, 0.4) is 0 Å². The highest BCUT2D eigenvalue weighted by Crippen LogP contribution is 2.51. The van der Waals surface area contributed by atoms with Crippen LogP contribution in [-0.2, 0) is 0 Å². The summed E-state index contributed by atoms with van der Waals surface area (Å²) in [4.78, 5) is 11.5. The normalized spacial score (nSPS) is 24.2. The van der Waals surface area contributed by atoms with Crippen LogP contribution in [0.5, 0.6) is 0 Å². The van der Waals surface area contributed by atoms with Crippen molar-refractivity contribution in [2.24, 2.45) is 5.92 Å². The van der Waals surface area contributed by atoms with Crippen molar-refractivity contribution in [1.29, 1.82) is 0 Å². The molecule has 3 atom stereocenters. The van der Waals surface area contributed by atoms with Gasteiger partial charge in [-0.2, -0.15) is 0 Å². The van der Waals surface area contributed by atoms with Gasteiger partial charge >= 0.3 is 5.97 Å². The molecular formula is C19H15F2NO2. The zero-order chi connectivity index (χ0) is 16.8. The number of carboxylic acid groups (broad SMARTS) is 1. The van der Waals surface area contributed by atoms with E-state index in [4.69, 9.17) is 0 Å². The predicted molar refractivity (Wildman–Crippen MR) is 86.1 cm³/mol. The Balaban J connectivity index is 1.86. The zero-order valence-electron chi connectivity index (χ0n) is 12.7. The number of carbonyl (C=O) groups is 1. The highest BCUT2D eigenvalue weighted by Gasteiger charge is 2.40. The van der Waals surface area contributed by atoms with E-state index in [9.17, 15) is 18.7 Å². The van der Waals surface area contributed by atoms with E-state index in [-0.39, 0.29) is 29.1 Å². The van der Waals surface area contributed by atoms with Gasteiger partial charge in [0.05, 0.1) is 17.3 Å². The maximum atomic E-state index is 14.3. The molecule has 2 aliphatic rings. The van der Waals surface area contributed by atoms with Gasteiger partial charge in [0.15, 0.2) is 0 Å². The van der Waals surface area contributed by atoms with Crippen LogP contribution >= 0.6 is 0 Å². The number of hydrogen-bond acceptors (Lipinski definition) is 2. The van der Waals surface area contributed by atoms with E-state index in [1.807, 2.05) is 12.2 Å². The number of hydrogen-bond donors (Lipinski definition) is 2. The molecule has 5 heteroatoms. The Morgan fingerprint density at radius 1 is 1.17 bits per heavy atom. The maximum Gasteiger partial charge on any atom is 0.336 e. The smallest absolute Gasteiger partial charge is 0.336 e. The third-order valence-corrected chi connectivity index (χ3v) is 4.91. The summed E-state index contributed by atoms with van der Waals surface area (Å²) in [6.45, 7) is 0. The van der Waals surface area contributed by atoms with Crippen LogP contribution in [0, 0.1) is 17.6 Å². The summed E-state index contributed by atoms with van der Waals surface area (Å²) in [6.07, 6.45) is 4.68. The Bertz CT molecular complexity index is 862. The molecule has 0 spiro atoms. The number of halogens is 2. The van der Waals surface area contributed by atoms with Crippen LogP contribution in [0.15, 0.2) is 48.6 Å².